The Morgan fingerprint density at radius 2 is 1.88 bits per heavy atom. The number of sulfonamides is 1. The predicted molar refractivity (Wildman–Crippen MR) is 132 cm³/mol. The summed E-state index contributed by atoms with van der Waals surface area (Å²) >= 11 is 1.46. The zero-order chi connectivity index (χ0) is 24.3. The number of aromatic nitrogens is 3. The minimum atomic E-state index is -3.86. The van der Waals surface area contributed by atoms with E-state index >= 15 is 0 Å². The molecule has 10 nitrogen and oxygen atoms in total. The van der Waals surface area contributed by atoms with Crippen LogP contribution >= 0.6 is 11.3 Å². The molecular weight excluding hydrogens is 476 g/mol. The molecule has 0 unspecified atom stereocenters. The van der Waals surface area contributed by atoms with Crippen LogP contribution in [0.25, 0.3) is 10.2 Å². The molecule has 2 aromatic carbocycles. The number of methoxy groups -OCH3 is 1. The van der Waals surface area contributed by atoms with Gasteiger partial charge in [-0.25, -0.2) is 28.1 Å². The van der Waals surface area contributed by atoms with Crippen LogP contribution in [0.5, 0.6) is 5.75 Å². The number of benzene rings is 2. The second-order valence-corrected chi connectivity index (χ2v) is 10.1. The van der Waals surface area contributed by atoms with Crippen LogP contribution < -0.4 is 19.7 Å². The van der Waals surface area contributed by atoms with Gasteiger partial charge in [-0.15, -0.1) is 0 Å². The summed E-state index contributed by atoms with van der Waals surface area (Å²) in [5, 5.41) is 3.45. The monoisotopic (exact) mass is 498 g/mol. The molecule has 12 heteroatoms. The molecule has 4 aromatic rings. The fourth-order valence-corrected chi connectivity index (χ4v) is 5.01. The summed E-state index contributed by atoms with van der Waals surface area (Å²) in [5.74, 6) is 0.403. The van der Waals surface area contributed by atoms with Crippen LogP contribution in [-0.2, 0) is 14.8 Å². The van der Waals surface area contributed by atoms with Crippen molar-refractivity contribution in [2.24, 2.45) is 0 Å². The quantitative estimate of drug-likeness (QED) is 0.379. The third-order valence-electron chi connectivity index (χ3n) is 4.77. The Morgan fingerprint density at radius 1 is 1.12 bits per heavy atom. The molecule has 2 N–H and O–H groups in total. The molecular formula is C22H22N6O4S2. The lowest BCUT2D eigenvalue weighted by Gasteiger charge is -2.15. The molecule has 0 saturated heterocycles. The summed E-state index contributed by atoms with van der Waals surface area (Å²) in [7, 11) is -0.495. The number of nitrogens with one attached hydrogen (secondary N) is 2. The number of ether oxygens (including phenoxy) is 1. The van der Waals surface area contributed by atoms with Crippen LogP contribution in [0, 0.1) is 6.92 Å². The number of carbonyl (C=O) groups excluding carboxylic acids is 1. The summed E-state index contributed by atoms with van der Waals surface area (Å²) in [6.07, 6.45) is 1.47. The van der Waals surface area contributed by atoms with Crippen LogP contribution in [0.3, 0.4) is 0 Å². The Kier molecular flexibility index (Phi) is 6.61. The zero-order valence-electron chi connectivity index (χ0n) is 18.6. The lowest BCUT2D eigenvalue weighted by Crippen LogP contribution is -2.29. The molecule has 0 aliphatic rings. The van der Waals surface area contributed by atoms with E-state index in [-0.39, 0.29) is 23.3 Å². The van der Waals surface area contributed by atoms with Crippen molar-refractivity contribution in [2.75, 3.05) is 35.6 Å². The molecule has 34 heavy (non-hydrogen) atoms. The smallest absolute Gasteiger partial charge is 0.264 e. The number of aryl methyl sites for hydroxylation is 1. The van der Waals surface area contributed by atoms with Crippen molar-refractivity contribution >= 4 is 54.3 Å². The Hall–Kier alpha value is -3.77. The number of hydrogen-bond donors (Lipinski definition) is 2. The van der Waals surface area contributed by atoms with E-state index in [9.17, 15) is 13.2 Å². The second-order valence-electron chi connectivity index (χ2n) is 7.36. The number of amides is 1. The highest BCUT2D eigenvalue weighted by atomic mass is 32.2. The standard InChI is InChI=1S/C22H22N6O4S2/c1-14-11-12-23-21(24-14)27-34(30,31)16-9-7-15(8-10-16)25-19(29)13-28(2)22-26-20-17(32-3)5-4-6-18(20)33-22/h4-12H,13H2,1-3H3,(H,25,29)(H,23,24,27). The third kappa shape index (κ3) is 5.24. The molecule has 0 aliphatic heterocycles. The zero-order valence-corrected chi connectivity index (χ0v) is 20.3. The van der Waals surface area contributed by atoms with Crippen LogP contribution in [0.2, 0.25) is 0 Å². The second kappa shape index (κ2) is 9.61. The van der Waals surface area contributed by atoms with Gasteiger partial charge in [0.15, 0.2) is 5.13 Å². The van der Waals surface area contributed by atoms with Crippen molar-refractivity contribution in [3.05, 3.63) is 60.4 Å². The lowest BCUT2D eigenvalue weighted by atomic mass is 10.3. The topological polar surface area (TPSA) is 126 Å². The van der Waals surface area contributed by atoms with Gasteiger partial charge >= 0.3 is 0 Å². The average molecular weight is 499 g/mol. The molecule has 0 aliphatic carbocycles. The van der Waals surface area contributed by atoms with Crippen LogP contribution in [0.4, 0.5) is 16.8 Å². The maximum absolute atomic E-state index is 12.6. The first-order chi connectivity index (χ1) is 16.2. The van der Waals surface area contributed by atoms with Gasteiger partial charge < -0.3 is 15.0 Å². The lowest BCUT2D eigenvalue weighted by molar-refractivity contribution is -0.114. The van der Waals surface area contributed by atoms with Crippen molar-refractivity contribution < 1.29 is 17.9 Å². The van der Waals surface area contributed by atoms with Gasteiger partial charge in [0.05, 0.1) is 23.2 Å². The van der Waals surface area contributed by atoms with E-state index in [1.54, 1.807) is 32.0 Å². The van der Waals surface area contributed by atoms with Gasteiger partial charge in [-0.2, -0.15) is 0 Å². The summed E-state index contributed by atoms with van der Waals surface area (Å²) in [6.45, 7) is 1.80. The summed E-state index contributed by atoms with van der Waals surface area (Å²) in [5.41, 5.74) is 1.86. The molecule has 2 aromatic heterocycles. The van der Waals surface area contributed by atoms with E-state index in [1.807, 2.05) is 18.2 Å². The van der Waals surface area contributed by atoms with Crippen LogP contribution in [-0.4, -0.2) is 50.0 Å². The first-order valence-corrected chi connectivity index (χ1v) is 12.4. The fourth-order valence-electron chi connectivity index (χ4n) is 3.12. The first kappa shape index (κ1) is 23.4. The molecule has 0 radical (unpaired) electrons. The fraction of sp³-hybridized carbons (Fsp3) is 0.182. The number of hydrogen-bond acceptors (Lipinski definition) is 9. The van der Waals surface area contributed by atoms with E-state index in [0.29, 0.717) is 22.3 Å². The van der Waals surface area contributed by atoms with E-state index in [1.165, 1.54) is 41.8 Å². The Balaban J connectivity index is 1.40. The Bertz CT molecular complexity index is 1440. The van der Waals surface area contributed by atoms with E-state index in [0.717, 1.165) is 10.2 Å². The van der Waals surface area contributed by atoms with Gasteiger partial charge in [0.1, 0.15) is 11.3 Å². The minimum Gasteiger partial charge on any atom is -0.494 e. The number of rotatable bonds is 8. The number of carbonyl (C=O) groups is 1. The summed E-state index contributed by atoms with van der Waals surface area (Å²) < 4.78 is 33.8. The van der Waals surface area contributed by atoms with Gasteiger partial charge in [0, 0.05) is 24.6 Å². The average Bonchev–Trinajstić information content (AvgIpc) is 3.24. The van der Waals surface area contributed by atoms with E-state index in [2.05, 4.69) is 25.0 Å². The van der Waals surface area contributed by atoms with Crippen LogP contribution in [0.15, 0.2) is 59.6 Å². The number of likely N-dealkylation sites (N-methyl/N-ethyl adjacent to an activating group) is 1. The largest absolute Gasteiger partial charge is 0.494 e. The molecule has 0 atom stereocenters. The molecule has 4 rings (SSSR count). The highest BCUT2D eigenvalue weighted by molar-refractivity contribution is 7.92. The van der Waals surface area contributed by atoms with Gasteiger partial charge in [0.2, 0.25) is 11.9 Å². The highest BCUT2D eigenvalue weighted by Gasteiger charge is 2.17. The SMILES string of the molecule is COc1cccc2sc(N(C)CC(=O)Nc3ccc(S(=O)(=O)Nc4nccc(C)n4)cc3)nc12. The van der Waals surface area contributed by atoms with Gasteiger partial charge in [-0.1, -0.05) is 17.4 Å². The molecule has 0 saturated carbocycles. The number of para-hydroxylation sites is 1. The van der Waals surface area contributed by atoms with E-state index in [4.69, 9.17) is 4.74 Å². The molecule has 0 spiro atoms. The highest BCUT2D eigenvalue weighted by Crippen LogP contribution is 2.33. The van der Waals surface area contributed by atoms with Crippen LogP contribution in [0.1, 0.15) is 5.69 Å². The molecule has 176 valence electrons. The Morgan fingerprint density at radius 3 is 2.59 bits per heavy atom. The van der Waals surface area contributed by atoms with Crippen molar-refractivity contribution in [1.82, 2.24) is 15.0 Å². The number of anilines is 3. The summed E-state index contributed by atoms with van der Waals surface area (Å²) in [6, 6.07) is 13.2. The Labute approximate surface area is 200 Å². The molecule has 0 bridgehead atoms. The van der Waals surface area contributed by atoms with Gasteiger partial charge in [-0.3, -0.25) is 4.79 Å². The molecule has 2 heterocycles. The third-order valence-corrected chi connectivity index (χ3v) is 7.25. The number of thiazole rings is 1. The maximum atomic E-state index is 12.6. The molecule has 0 fully saturated rings. The minimum absolute atomic E-state index is 0.00659. The van der Waals surface area contributed by atoms with Gasteiger partial charge in [-0.05, 0) is 49.4 Å². The van der Waals surface area contributed by atoms with Gasteiger partial charge in [0.25, 0.3) is 10.0 Å². The predicted octanol–water partition coefficient (Wildman–Crippen LogP) is 3.28. The number of nitrogens with zero attached hydrogens (tertiary/aromatic N) is 4. The number of fused-ring (bicyclic) bond motifs is 1. The van der Waals surface area contributed by atoms with Crippen molar-refractivity contribution in [3.63, 3.8) is 0 Å². The molecule has 1 amide bonds. The van der Waals surface area contributed by atoms with Crippen molar-refractivity contribution in [3.8, 4) is 5.75 Å². The van der Waals surface area contributed by atoms with Crippen molar-refractivity contribution in [1.29, 1.82) is 0 Å². The van der Waals surface area contributed by atoms with E-state index < -0.39 is 10.0 Å². The summed E-state index contributed by atoms with van der Waals surface area (Å²) in [4.78, 5) is 26.8. The normalized spacial score (nSPS) is 11.3. The maximum Gasteiger partial charge on any atom is 0.264 e. The van der Waals surface area contributed by atoms with Crippen molar-refractivity contribution in [2.45, 2.75) is 11.8 Å². The first-order valence-electron chi connectivity index (χ1n) is 10.1.